The van der Waals surface area contributed by atoms with Crippen molar-refractivity contribution in [1.29, 1.82) is 0 Å². The fourth-order valence-corrected chi connectivity index (χ4v) is 4.61. The van der Waals surface area contributed by atoms with E-state index in [1.165, 1.54) is 37.6 Å². The summed E-state index contributed by atoms with van der Waals surface area (Å²) < 4.78 is 2.35. The van der Waals surface area contributed by atoms with Gasteiger partial charge in [0.25, 0.3) is 0 Å². The van der Waals surface area contributed by atoms with Gasteiger partial charge < -0.3 is 4.90 Å². The van der Waals surface area contributed by atoms with Crippen molar-refractivity contribution in [2.75, 3.05) is 11.9 Å². The number of aromatic nitrogens is 1. The lowest BCUT2D eigenvalue weighted by Gasteiger charge is -2.14. The molecule has 3 aromatic rings. The van der Waals surface area contributed by atoms with Crippen molar-refractivity contribution in [2.24, 2.45) is 0 Å². The zero-order valence-electron chi connectivity index (χ0n) is 15.0. The molecule has 3 heteroatoms. The maximum Gasteiger partial charge on any atom is 0.213 e. The molecule has 1 aliphatic heterocycles. The first-order valence-corrected chi connectivity index (χ1v) is 9.64. The predicted octanol–water partition coefficient (Wildman–Crippen LogP) is 5.39. The summed E-state index contributed by atoms with van der Waals surface area (Å²) in [6.07, 6.45) is 5.68. The first-order valence-electron chi connectivity index (χ1n) is 8.82. The highest BCUT2D eigenvalue weighted by atomic mass is 32.2. The second kappa shape index (κ2) is 6.57. The van der Waals surface area contributed by atoms with Gasteiger partial charge in [0.15, 0.2) is 6.20 Å². The molecule has 0 bridgehead atoms. The van der Waals surface area contributed by atoms with Crippen molar-refractivity contribution >= 4 is 34.4 Å². The molecule has 0 saturated carbocycles. The molecular formula is C22H23N2S+. The molecule has 0 N–H and O–H groups in total. The number of anilines is 1. The highest BCUT2D eigenvalue weighted by molar-refractivity contribution is 8.03. The van der Waals surface area contributed by atoms with Gasteiger partial charge in [-0.05, 0) is 42.3 Å². The average Bonchev–Trinajstić information content (AvgIpc) is 2.92. The van der Waals surface area contributed by atoms with Gasteiger partial charge >= 0.3 is 0 Å². The largest absolute Gasteiger partial charge is 0.338 e. The van der Waals surface area contributed by atoms with E-state index in [-0.39, 0.29) is 0 Å². The van der Waals surface area contributed by atoms with Crippen LogP contribution in [0.3, 0.4) is 0 Å². The van der Waals surface area contributed by atoms with Crippen molar-refractivity contribution in [1.82, 2.24) is 0 Å². The minimum Gasteiger partial charge on any atom is -0.338 e. The summed E-state index contributed by atoms with van der Waals surface area (Å²) in [7, 11) is 2.16. The normalized spacial score (nSPS) is 15.2. The zero-order valence-corrected chi connectivity index (χ0v) is 15.8. The van der Waals surface area contributed by atoms with E-state index in [1.807, 2.05) is 11.8 Å². The molecule has 2 aromatic carbocycles. The lowest BCUT2D eigenvalue weighted by atomic mass is 10.1. The lowest BCUT2D eigenvalue weighted by Crippen LogP contribution is -2.33. The van der Waals surface area contributed by atoms with Crippen molar-refractivity contribution in [3.63, 3.8) is 0 Å². The number of nitrogens with zero attached hydrogens (tertiary/aromatic N) is 2. The first-order chi connectivity index (χ1) is 12.2. The number of benzene rings is 2. The molecule has 0 unspecified atom stereocenters. The van der Waals surface area contributed by atoms with Crippen molar-refractivity contribution in [3.8, 4) is 0 Å². The molecule has 0 aliphatic carbocycles. The lowest BCUT2D eigenvalue weighted by molar-refractivity contribution is -0.671. The van der Waals surface area contributed by atoms with Crippen LogP contribution in [-0.4, -0.2) is 7.05 Å². The molecule has 0 saturated heterocycles. The van der Waals surface area contributed by atoms with Crippen LogP contribution in [0.25, 0.3) is 17.0 Å². The predicted molar refractivity (Wildman–Crippen MR) is 108 cm³/mol. The van der Waals surface area contributed by atoms with Crippen molar-refractivity contribution in [3.05, 3.63) is 70.9 Å². The fraction of sp³-hybridized carbons (Fsp3) is 0.227. The summed E-state index contributed by atoms with van der Waals surface area (Å²) in [5, 5.41) is 2.59. The monoisotopic (exact) mass is 347 g/mol. The molecule has 0 radical (unpaired) electrons. The third kappa shape index (κ3) is 2.93. The van der Waals surface area contributed by atoms with Gasteiger partial charge in [-0.15, -0.1) is 0 Å². The number of aryl methyl sites for hydroxylation is 2. The molecule has 2 heterocycles. The Balaban J connectivity index is 1.79. The Morgan fingerprint density at radius 1 is 1.12 bits per heavy atom. The molecule has 126 valence electrons. The molecule has 0 fully saturated rings. The number of hydrogen-bond donors (Lipinski definition) is 0. The Bertz CT molecular complexity index is 975. The second-order valence-electron chi connectivity index (χ2n) is 6.60. The van der Waals surface area contributed by atoms with Crippen LogP contribution in [0.5, 0.6) is 0 Å². The Morgan fingerprint density at radius 3 is 2.80 bits per heavy atom. The van der Waals surface area contributed by atoms with Crippen LogP contribution in [0, 0.1) is 6.92 Å². The van der Waals surface area contributed by atoms with E-state index < -0.39 is 0 Å². The van der Waals surface area contributed by atoms with Crippen molar-refractivity contribution < 1.29 is 4.57 Å². The molecule has 0 spiro atoms. The number of pyridine rings is 1. The molecule has 25 heavy (non-hydrogen) atoms. The topological polar surface area (TPSA) is 7.12 Å². The summed E-state index contributed by atoms with van der Waals surface area (Å²) in [4.78, 5) is 3.64. The molecule has 2 nitrogen and oxygen atoms in total. The smallest absolute Gasteiger partial charge is 0.213 e. The van der Waals surface area contributed by atoms with Crippen LogP contribution in [0.2, 0.25) is 0 Å². The van der Waals surface area contributed by atoms with Crippen LogP contribution < -0.4 is 9.47 Å². The van der Waals surface area contributed by atoms with Crippen LogP contribution in [0.4, 0.5) is 5.69 Å². The summed E-state index contributed by atoms with van der Waals surface area (Å²) in [5.74, 6) is 0. The Kier molecular flexibility index (Phi) is 4.26. The van der Waals surface area contributed by atoms with Crippen molar-refractivity contribution in [2.45, 2.75) is 31.7 Å². The number of rotatable bonds is 3. The highest BCUT2D eigenvalue weighted by Gasteiger charge is 2.22. The van der Waals surface area contributed by atoms with Gasteiger partial charge in [0, 0.05) is 30.5 Å². The van der Waals surface area contributed by atoms with E-state index in [2.05, 4.69) is 91.2 Å². The van der Waals surface area contributed by atoms with Gasteiger partial charge in [-0.2, -0.15) is 4.57 Å². The molecule has 0 amide bonds. The minimum atomic E-state index is 1.05. The Morgan fingerprint density at radius 2 is 1.96 bits per heavy atom. The molecule has 4 rings (SSSR count). The summed E-state index contributed by atoms with van der Waals surface area (Å²) >= 11 is 1.86. The average molecular weight is 348 g/mol. The molecule has 1 aliphatic rings. The van der Waals surface area contributed by atoms with E-state index >= 15 is 0 Å². The van der Waals surface area contributed by atoms with Gasteiger partial charge in [0.2, 0.25) is 5.52 Å². The van der Waals surface area contributed by atoms with E-state index in [9.17, 15) is 0 Å². The third-order valence-electron chi connectivity index (χ3n) is 4.72. The van der Waals surface area contributed by atoms with Gasteiger partial charge in [-0.25, -0.2) is 0 Å². The van der Waals surface area contributed by atoms with E-state index in [4.69, 9.17) is 0 Å². The van der Waals surface area contributed by atoms with Crippen LogP contribution in [0.15, 0.2) is 64.7 Å². The standard InChI is InChI=1S/C22H23N2S/c1-4-12-24-13-11-17(18-7-5-6-8-19(18)24)15-22-23(3)20-10-9-16(2)14-21(20)25-22/h5-11,13-15H,4,12H2,1-3H3/q+1. The van der Waals surface area contributed by atoms with E-state index in [0.29, 0.717) is 0 Å². The van der Waals surface area contributed by atoms with Gasteiger partial charge in [-0.1, -0.05) is 36.9 Å². The van der Waals surface area contributed by atoms with Gasteiger partial charge in [0.1, 0.15) is 6.54 Å². The first kappa shape index (κ1) is 16.2. The molecular weight excluding hydrogens is 324 g/mol. The van der Waals surface area contributed by atoms with Crippen LogP contribution in [0.1, 0.15) is 24.5 Å². The molecule has 1 aromatic heterocycles. The number of hydrogen-bond acceptors (Lipinski definition) is 2. The summed E-state index contributed by atoms with van der Waals surface area (Å²) in [6.45, 7) is 5.43. The highest BCUT2D eigenvalue weighted by Crippen LogP contribution is 2.46. The minimum absolute atomic E-state index is 1.05. The van der Waals surface area contributed by atoms with E-state index in [0.717, 1.165) is 13.0 Å². The SMILES string of the molecule is CCC[n+]1ccc(C=C2Sc3cc(C)ccc3N2C)c2ccccc21. The third-order valence-corrected chi connectivity index (χ3v) is 5.87. The quantitative estimate of drug-likeness (QED) is 0.587. The van der Waals surface area contributed by atoms with E-state index in [1.54, 1.807) is 0 Å². The van der Waals surface area contributed by atoms with Crippen LogP contribution in [-0.2, 0) is 6.54 Å². The summed E-state index contributed by atoms with van der Waals surface area (Å²) in [5.41, 5.74) is 5.19. The maximum atomic E-state index is 2.35. The van der Waals surface area contributed by atoms with Gasteiger partial charge in [-0.3, -0.25) is 0 Å². The molecule has 0 atom stereocenters. The Labute approximate surface area is 153 Å². The number of fused-ring (bicyclic) bond motifs is 2. The maximum absolute atomic E-state index is 2.35. The summed E-state index contributed by atoms with van der Waals surface area (Å²) in [6, 6.07) is 17.6. The zero-order chi connectivity index (χ0) is 17.4. The second-order valence-corrected chi connectivity index (χ2v) is 7.66. The van der Waals surface area contributed by atoms with Gasteiger partial charge in [0.05, 0.1) is 16.1 Å². The van der Waals surface area contributed by atoms with Crippen LogP contribution >= 0.6 is 11.8 Å². The number of thioether (sulfide) groups is 1. The number of para-hydroxylation sites is 1. The fourth-order valence-electron chi connectivity index (χ4n) is 3.41. The Hall–Kier alpha value is -2.26.